The van der Waals surface area contributed by atoms with Crippen molar-refractivity contribution in [3.63, 3.8) is 0 Å². The van der Waals surface area contributed by atoms with E-state index in [0.29, 0.717) is 0 Å². The fourth-order valence-electron chi connectivity index (χ4n) is 1.44. The maximum atomic E-state index is 11.7. The summed E-state index contributed by atoms with van der Waals surface area (Å²) in [6, 6.07) is 0. The topological polar surface area (TPSA) is 29.5 Å². The van der Waals surface area contributed by atoms with Crippen molar-refractivity contribution in [2.24, 2.45) is 5.41 Å². The molecule has 1 unspecified atom stereocenters. The summed E-state index contributed by atoms with van der Waals surface area (Å²) < 4.78 is 18.2. The van der Waals surface area contributed by atoms with Crippen LogP contribution in [0.25, 0.3) is 0 Å². The average Bonchev–Trinajstić information content (AvgIpc) is 2.13. The SMILES string of the molecule is COS(=O)N(C)C(C)(C)C(C)(C)C(C)(C)S. The molecule has 16 heavy (non-hydrogen) atoms. The largest absolute Gasteiger partial charge is 0.281 e. The zero-order chi connectivity index (χ0) is 13.4. The molecule has 0 heterocycles. The van der Waals surface area contributed by atoms with Crippen LogP contribution < -0.4 is 0 Å². The fourth-order valence-corrected chi connectivity index (χ4v) is 2.54. The van der Waals surface area contributed by atoms with Gasteiger partial charge < -0.3 is 0 Å². The molecule has 0 fully saturated rings. The molecule has 3 nitrogen and oxygen atoms in total. The lowest BCUT2D eigenvalue weighted by molar-refractivity contribution is 0.0611. The maximum absolute atomic E-state index is 11.7. The minimum atomic E-state index is -1.42. The van der Waals surface area contributed by atoms with Crippen LogP contribution in [-0.2, 0) is 15.4 Å². The summed E-state index contributed by atoms with van der Waals surface area (Å²) in [4.78, 5) is 0. The van der Waals surface area contributed by atoms with E-state index in [4.69, 9.17) is 4.18 Å². The van der Waals surface area contributed by atoms with E-state index >= 15 is 0 Å². The second-order valence-electron chi connectivity index (χ2n) is 5.62. The van der Waals surface area contributed by atoms with Gasteiger partial charge in [-0.05, 0) is 19.3 Å². The molecule has 0 aromatic carbocycles. The summed E-state index contributed by atoms with van der Waals surface area (Å²) in [6.07, 6.45) is 0. The molecule has 0 aliphatic heterocycles. The molecule has 98 valence electrons. The van der Waals surface area contributed by atoms with Crippen molar-refractivity contribution in [2.75, 3.05) is 14.2 Å². The van der Waals surface area contributed by atoms with E-state index in [1.54, 1.807) is 11.4 Å². The molecule has 1 atom stereocenters. The molecule has 0 aromatic heterocycles. The first-order chi connectivity index (χ1) is 6.89. The van der Waals surface area contributed by atoms with Crippen LogP contribution in [0.4, 0.5) is 0 Å². The van der Waals surface area contributed by atoms with Crippen molar-refractivity contribution in [3.05, 3.63) is 0 Å². The molecule has 0 aliphatic rings. The maximum Gasteiger partial charge on any atom is 0.237 e. The van der Waals surface area contributed by atoms with Gasteiger partial charge in [-0.3, -0.25) is 4.18 Å². The van der Waals surface area contributed by atoms with Gasteiger partial charge in [0.2, 0.25) is 11.3 Å². The summed E-state index contributed by atoms with van der Waals surface area (Å²) in [5.74, 6) is 0. The Bertz CT molecular complexity index is 270. The van der Waals surface area contributed by atoms with Crippen LogP contribution in [-0.4, -0.2) is 33.0 Å². The molecule has 0 rings (SSSR count). The predicted molar refractivity (Wildman–Crippen MR) is 73.8 cm³/mol. The number of hydrogen-bond donors (Lipinski definition) is 1. The van der Waals surface area contributed by atoms with E-state index < -0.39 is 11.3 Å². The third kappa shape index (κ3) is 2.81. The summed E-state index contributed by atoms with van der Waals surface area (Å²) in [6.45, 7) is 12.5. The molecule has 0 N–H and O–H groups in total. The summed E-state index contributed by atoms with van der Waals surface area (Å²) in [5, 5.41) is 0. The van der Waals surface area contributed by atoms with Gasteiger partial charge in [-0.25, -0.2) is 4.21 Å². The number of rotatable bonds is 5. The van der Waals surface area contributed by atoms with Gasteiger partial charge in [0.25, 0.3) is 0 Å². The van der Waals surface area contributed by atoms with Crippen LogP contribution in [0.5, 0.6) is 0 Å². The van der Waals surface area contributed by atoms with Crippen molar-refractivity contribution in [1.82, 2.24) is 4.31 Å². The van der Waals surface area contributed by atoms with E-state index in [-0.39, 0.29) is 15.7 Å². The Labute approximate surface area is 108 Å². The molecule has 0 saturated carbocycles. The minimum absolute atomic E-state index is 0.147. The molecule has 0 saturated heterocycles. The number of hydrogen-bond acceptors (Lipinski definition) is 3. The van der Waals surface area contributed by atoms with Crippen molar-refractivity contribution in [3.8, 4) is 0 Å². The van der Waals surface area contributed by atoms with Gasteiger partial charge in [-0.15, -0.1) is 0 Å². The Morgan fingerprint density at radius 1 is 1.12 bits per heavy atom. The third-order valence-corrected chi connectivity index (χ3v) is 5.96. The standard InChI is InChI=1S/C11H25NO2S2/c1-9(2,11(5,6)15)10(3,4)12(7)16(13)14-8/h15H,1-8H3. The van der Waals surface area contributed by atoms with Crippen molar-refractivity contribution in [2.45, 2.75) is 51.8 Å². The van der Waals surface area contributed by atoms with Gasteiger partial charge in [0.1, 0.15) is 0 Å². The molecule has 0 aromatic rings. The average molecular weight is 267 g/mol. The number of thiol groups is 1. The zero-order valence-corrected chi connectivity index (χ0v) is 13.3. The summed E-state index contributed by atoms with van der Waals surface area (Å²) >= 11 is 3.23. The first-order valence-electron chi connectivity index (χ1n) is 5.32. The highest BCUT2D eigenvalue weighted by Gasteiger charge is 2.50. The fraction of sp³-hybridized carbons (Fsp3) is 1.00. The summed E-state index contributed by atoms with van der Waals surface area (Å²) in [7, 11) is 3.25. The Kier molecular flexibility index (Phi) is 5.09. The van der Waals surface area contributed by atoms with Gasteiger partial charge in [-0.2, -0.15) is 16.9 Å². The molecule has 0 spiro atoms. The molecule has 0 radical (unpaired) electrons. The van der Waals surface area contributed by atoms with Crippen molar-refractivity contribution >= 4 is 23.9 Å². The van der Waals surface area contributed by atoms with Crippen molar-refractivity contribution in [1.29, 1.82) is 0 Å². The van der Waals surface area contributed by atoms with Gasteiger partial charge >= 0.3 is 0 Å². The quantitative estimate of drug-likeness (QED) is 0.776. The van der Waals surface area contributed by atoms with Crippen LogP contribution in [0, 0.1) is 5.41 Å². The normalized spacial score (nSPS) is 16.6. The van der Waals surface area contributed by atoms with Crippen LogP contribution >= 0.6 is 12.6 Å². The Morgan fingerprint density at radius 3 is 1.75 bits per heavy atom. The van der Waals surface area contributed by atoms with Crippen LogP contribution in [0.1, 0.15) is 41.5 Å². The third-order valence-electron chi connectivity index (χ3n) is 4.21. The minimum Gasteiger partial charge on any atom is -0.281 e. The lowest BCUT2D eigenvalue weighted by Gasteiger charge is -2.52. The monoisotopic (exact) mass is 267 g/mol. The van der Waals surface area contributed by atoms with E-state index in [0.717, 1.165) is 0 Å². The molecular weight excluding hydrogens is 242 g/mol. The lowest BCUT2D eigenvalue weighted by atomic mass is 9.66. The zero-order valence-electron chi connectivity index (χ0n) is 11.6. The van der Waals surface area contributed by atoms with Gasteiger partial charge in [0, 0.05) is 17.3 Å². The molecule has 0 amide bonds. The molecule has 5 heteroatoms. The second-order valence-corrected chi connectivity index (χ2v) is 8.06. The van der Waals surface area contributed by atoms with Gasteiger partial charge in [0.15, 0.2) is 0 Å². The van der Waals surface area contributed by atoms with E-state index in [1.165, 1.54) is 7.11 Å². The predicted octanol–water partition coefficient (Wildman–Crippen LogP) is 2.66. The van der Waals surface area contributed by atoms with Crippen LogP contribution in [0.15, 0.2) is 0 Å². The number of nitrogens with zero attached hydrogens (tertiary/aromatic N) is 1. The Hall–Kier alpha value is 0.420. The van der Waals surface area contributed by atoms with Gasteiger partial charge in [0.05, 0.1) is 7.11 Å². The summed E-state index contributed by atoms with van der Waals surface area (Å²) in [5.41, 5.74) is -0.453. The smallest absolute Gasteiger partial charge is 0.237 e. The van der Waals surface area contributed by atoms with Crippen LogP contribution in [0.2, 0.25) is 0 Å². The lowest BCUT2D eigenvalue weighted by Crippen LogP contribution is -2.59. The van der Waals surface area contributed by atoms with E-state index in [1.807, 2.05) is 0 Å². The second kappa shape index (κ2) is 4.96. The first kappa shape index (κ1) is 16.4. The van der Waals surface area contributed by atoms with E-state index in [2.05, 4.69) is 54.2 Å². The molecule has 0 aliphatic carbocycles. The highest BCUT2D eigenvalue weighted by Crippen LogP contribution is 2.47. The van der Waals surface area contributed by atoms with Gasteiger partial charge in [-0.1, -0.05) is 27.7 Å². The Balaban J connectivity index is 5.27. The highest BCUT2D eigenvalue weighted by atomic mass is 32.2. The highest BCUT2D eigenvalue weighted by molar-refractivity contribution is 7.81. The first-order valence-corrected chi connectivity index (χ1v) is 6.80. The molecular formula is C11H25NO2S2. The molecule has 0 bridgehead atoms. The van der Waals surface area contributed by atoms with Crippen molar-refractivity contribution < 1.29 is 8.39 Å². The Morgan fingerprint density at radius 2 is 1.50 bits per heavy atom. The van der Waals surface area contributed by atoms with E-state index in [9.17, 15) is 4.21 Å². The van der Waals surface area contributed by atoms with Crippen LogP contribution in [0.3, 0.4) is 0 Å².